The lowest BCUT2D eigenvalue weighted by Gasteiger charge is -2.19. The zero-order valence-corrected chi connectivity index (χ0v) is 24.3. The normalized spacial score (nSPS) is 22.9. The maximum Gasteiger partial charge on any atom is 0.123 e. The van der Waals surface area contributed by atoms with Crippen molar-refractivity contribution >= 4 is 0 Å². The molecule has 204 valence electrons. The van der Waals surface area contributed by atoms with Crippen LogP contribution in [0, 0.1) is 23.6 Å². The average Bonchev–Trinajstić information content (AvgIpc) is 3.58. The summed E-state index contributed by atoms with van der Waals surface area (Å²) >= 11 is 0. The monoisotopic (exact) mass is 514 g/mol. The molecule has 0 aromatic heterocycles. The summed E-state index contributed by atoms with van der Waals surface area (Å²) in [6.07, 6.45) is 5.55. The molecule has 2 unspecified atom stereocenters. The number of hydrogen-bond donors (Lipinski definition) is 1. The number of benzene rings is 3. The van der Waals surface area contributed by atoms with Gasteiger partial charge in [0.25, 0.3) is 0 Å². The number of fused-ring (bicyclic) bond motifs is 3. The molecule has 1 N–H and O–H groups in total. The van der Waals surface area contributed by atoms with Gasteiger partial charge in [-0.1, -0.05) is 96.1 Å². The highest BCUT2D eigenvalue weighted by atomic mass is 19.1. The predicted molar refractivity (Wildman–Crippen MR) is 158 cm³/mol. The van der Waals surface area contributed by atoms with Gasteiger partial charge in [-0.05, 0) is 107 Å². The SMILES string of the molecule is CC(C)C1CCc2cc(F)ccc21.CC(C)C1CCc2ccccc21.CC(C)[C@@H]1c2ccccc2C[C@@H]1O. The van der Waals surface area contributed by atoms with Crippen LogP contribution in [0.2, 0.25) is 0 Å². The zero-order chi connectivity index (χ0) is 27.4. The molecule has 0 bridgehead atoms. The zero-order valence-electron chi connectivity index (χ0n) is 24.3. The Kier molecular flexibility index (Phi) is 9.47. The summed E-state index contributed by atoms with van der Waals surface area (Å²) in [6, 6.07) is 22.5. The van der Waals surface area contributed by atoms with Crippen LogP contribution in [0.1, 0.15) is 106 Å². The van der Waals surface area contributed by atoms with E-state index in [0.717, 1.165) is 24.7 Å². The van der Waals surface area contributed by atoms with E-state index in [1.54, 1.807) is 23.3 Å². The Morgan fingerprint density at radius 1 is 0.632 bits per heavy atom. The van der Waals surface area contributed by atoms with Crippen LogP contribution >= 0.6 is 0 Å². The molecule has 0 aliphatic heterocycles. The molecule has 38 heavy (non-hydrogen) atoms. The first-order valence-electron chi connectivity index (χ1n) is 14.8. The van der Waals surface area contributed by atoms with Crippen molar-refractivity contribution in [3.8, 4) is 0 Å². The van der Waals surface area contributed by atoms with Crippen molar-refractivity contribution in [3.05, 3.63) is 106 Å². The third-order valence-corrected chi connectivity index (χ3v) is 8.99. The lowest BCUT2D eigenvalue weighted by Crippen LogP contribution is -2.18. The van der Waals surface area contributed by atoms with Crippen LogP contribution in [-0.4, -0.2) is 11.2 Å². The molecule has 6 rings (SSSR count). The minimum absolute atomic E-state index is 0.0943. The molecule has 0 radical (unpaired) electrons. The predicted octanol–water partition coefficient (Wildman–Crippen LogP) is 9.23. The molecule has 1 nitrogen and oxygen atoms in total. The Morgan fingerprint density at radius 2 is 1.16 bits per heavy atom. The lowest BCUT2D eigenvalue weighted by molar-refractivity contribution is 0.136. The van der Waals surface area contributed by atoms with Crippen LogP contribution in [0.4, 0.5) is 4.39 Å². The molecule has 0 fully saturated rings. The van der Waals surface area contributed by atoms with Crippen molar-refractivity contribution in [2.24, 2.45) is 17.8 Å². The molecule has 4 atom stereocenters. The molecule has 3 aromatic carbocycles. The largest absolute Gasteiger partial charge is 0.392 e. The van der Waals surface area contributed by atoms with Gasteiger partial charge < -0.3 is 5.11 Å². The molecule has 0 spiro atoms. The van der Waals surface area contributed by atoms with E-state index in [2.05, 4.69) is 84.0 Å². The van der Waals surface area contributed by atoms with Crippen molar-refractivity contribution in [2.45, 2.75) is 97.5 Å². The third-order valence-electron chi connectivity index (χ3n) is 8.99. The summed E-state index contributed by atoms with van der Waals surface area (Å²) in [5.41, 5.74) is 8.46. The van der Waals surface area contributed by atoms with Gasteiger partial charge in [0, 0.05) is 5.92 Å². The Hall–Kier alpha value is -2.45. The Bertz CT molecular complexity index is 1190. The minimum atomic E-state index is -0.169. The standard InChI is InChI=1S/C12H15F.C12H16O.C12H16/c1-8(2)11-5-3-9-7-10(13)4-6-12(9)11;1-8(2)12-10-6-4-3-5-9(10)7-11(12)13;1-9(2)11-8-7-10-5-3-4-6-12(10)11/h4,6-8,11H,3,5H2,1-2H3;3-6,8,11-13H,7H2,1-2H3;3-6,9,11H,7-8H2,1-2H3/t;11-,12+;/m.0./s1. The van der Waals surface area contributed by atoms with Crippen LogP contribution in [0.5, 0.6) is 0 Å². The van der Waals surface area contributed by atoms with E-state index < -0.39 is 0 Å². The maximum absolute atomic E-state index is 12.9. The van der Waals surface area contributed by atoms with Crippen molar-refractivity contribution in [3.63, 3.8) is 0 Å². The summed E-state index contributed by atoms with van der Waals surface area (Å²) in [7, 11) is 0. The fourth-order valence-corrected chi connectivity index (χ4v) is 7.00. The second-order valence-electron chi connectivity index (χ2n) is 12.6. The van der Waals surface area contributed by atoms with Gasteiger partial charge in [-0.3, -0.25) is 0 Å². The van der Waals surface area contributed by atoms with Crippen LogP contribution in [0.25, 0.3) is 0 Å². The van der Waals surface area contributed by atoms with E-state index in [-0.39, 0.29) is 11.9 Å². The molecular formula is C36H47FO. The first-order valence-corrected chi connectivity index (χ1v) is 14.8. The summed E-state index contributed by atoms with van der Waals surface area (Å²) in [4.78, 5) is 0. The highest BCUT2D eigenvalue weighted by molar-refractivity contribution is 5.38. The van der Waals surface area contributed by atoms with Crippen molar-refractivity contribution in [1.82, 2.24) is 0 Å². The molecule has 0 heterocycles. The average molecular weight is 515 g/mol. The highest BCUT2D eigenvalue weighted by Gasteiger charge is 2.32. The Morgan fingerprint density at radius 3 is 1.76 bits per heavy atom. The maximum atomic E-state index is 12.9. The fraction of sp³-hybridized carbons (Fsp3) is 0.500. The van der Waals surface area contributed by atoms with E-state index in [9.17, 15) is 9.50 Å². The summed E-state index contributed by atoms with van der Waals surface area (Å²) < 4.78 is 12.9. The second-order valence-corrected chi connectivity index (χ2v) is 12.6. The van der Waals surface area contributed by atoms with E-state index in [4.69, 9.17) is 0 Å². The topological polar surface area (TPSA) is 20.2 Å². The van der Waals surface area contributed by atoms with Crippen LogP contribution in [0.3, 0.4) is 0 Å². The van der Waals surface area contributed by atoms with Crippen molar-refractivity contribution in [1.29, 1.82) is 0 Å². The van der Waals surface area contributed by atoms with Gasteiger partial charge in [0.1, 0.15) is 5.82 Å². The van der Waals surface area contributed by atoms with Crippen molar-refractivity contribution in [2.75, 3.05) is 0 Å². The highest BCUT2D eigenvalue weighted by Crippen LogP contribution is 2.39. The number of rotatable bonds is 3. The smallest absolute Gasteiger partial charge is 0.123 e. The van der Waals surface area contributed by atoms with E-state index in [1.807, 2.05) is 12.1 Å². The van der Waals surface area contributed by atoms with E-state index in [0.29, 0.717) is 23.7 Å². The van der Waals surface area contributed by atoms with Gasteiger partial charge in [0.2, 0.25) is 0 Å². The fourth-order valence-electron chi connectivity index (χ4n) is 7.00. The van der Waals surface area contributed by atoms with Crippen molar-refractivity contribution < 1.29 is 9.50 Å². The summed E-state index contributed by atoms with van der Waals surface area (Å²) in [5.74, 6) is 3.72. The van der Waals surface area contributed by atoms with Gasteiger partial charge in [-0.15, -0.1) is 0 Å². The molecule has 3 aliphatic rings. The van der Waals surface area contributed by atoms with Crippen LogP contribution in [-0.2, 0) is 19.3 Å². The quantitative estimate of drug-likeness (QED) is 0.369. The first-order chi connectivity index (χ1) is 18.2. The van der Waals surface area contributed by atoms with Gasteiger partial charge in [-0.25, -0.2) is 4.39 Å². The van der Waals surface area contributed by atoms with E-state index >= 15 is 0 Å². The third kappa shape index (κ3) is 6.40. The molecule has 3 aromatic rings. The molecular weight excluding hydrogens is 467 g/mol. The number of aliphatic hydroxyl groups excluding tert-OH is 1. The van der Waals surface area contributed by atoms with Crippen LogP contribution in [0.15, 0.2) is 66.7 Å². The number of hydrogen-bond acceptors (Lipinski definition) is 1. The molecule has 0 amide bonds. The number of aliphatic hydroxyl groups is 1. The molecule has 2 heteroatoms. The first kappa shape index (κ1) is 28.6. The Balaban J connectivity index is 0.000000133. The Labute approximate surface area is 230 Å². The molecule has 0 saturated heterocycles. The summed E-state index contributed by atoms with van der Waals surface area (Å²) in [6.45, 7) is 13.5. The van der Waals surface area contributed by atoms with Crippen LogP contribution < -0.4 is 0 Å². The lowest BCUT2D eigenvalue weighted by atomic mass is 9.89. The van der Waals surface area contributed by atoms with Gasteiger partial charge in [-0.2, -0.15) is 0 Å². The minimum Gasteiger partial charge on any atom is -0.392 e. The van der Waals surface area contributed by atoms with Gasteiger partial charge in [0.05, 0.1) is 6.10 Å². The molecule has 0 saturated carbocycles. The van der Waals surface area contributed by atoms with E-state index in [1.165, 1.54) is 41.5 Å². The number of aryl methyl sites for hydroxylation is 2. The number of halogens is 1. The molecule has 3 aliphatic carbocycles. The van der Waals surface area contributed by atoms with Gasteiger partial charge in [0.15, 0.2) is 0 Å². The summed E-state index contributed by atoms with van der Waals surface area (Å²) in [5, 5.41) is 9.88. The second kappa shape index (κ2) is 12.6. The van der Waals surface area contributed by atoms with Gasteiger partial charge >= 0.3 is 0 Å².